The van der Waals surface area contributed by atoms with Gasteiger partial charge in [-0.1, -0.05) is 12.1 Å². The summed E-state index contributed by atoms with van der Waals surface area (Å²) in [5.74, 6) is -3.18. The van der Waals surface area contributed by atoms with Crippen LogP contribution in [0.2, 0.25) is 0 Å². The van der Waals surface area contributed by atoms with Gasteiger partial charge in [0.25, 0.3) is 11.5 Å². The normalized spacial score (nSPS) is 13.1. The Morgan fingerprint density at radius 1 is 1.28 bits per heavy atom. The lowest BCUT2D eigenvalue weighted by Crippen LogP contribution is -2.48. The zero-order chi connectivity index (χ0) is 18.7. The molecule has 0 fully saturated rings. The molecule has 0 bridgehead atoms. The number of hydrogen-bond donors (Lipinski definition) is 4. The maximum atomic E-state index is 12.2. The summed E-state index contributed by atoms with van der Waals surface area (Å²) in [5.41, 5.74) is 0.0349. The standard InChI is InChI=1S/C16H17N3O6/c1-8-4-3-5-10(6-8)19-12(22)7-11(21)14(18-19)15(23)17-13(9(2)20)16(24)25/h3-7,9,13,20-21H,1-2H3,(H,17,23)(H,24,25). The molecule has 1 amide bonds. The van der Waals surface area contributed by atoms with Crippen molar-refractivity contribution in [1.29, 1.82) is 0 Å². The zero-order valence-electron chi connectivity index (χ0n) is 13.5. The van der Waals surface area contributed by atoms with Gasteiger partial charge in [-0.25, -0.2) is 4.79 Å². The fraction of sp³-hybridized carbons (Fsp3) is 0.250. The Bertz CT molecular complexity index is 874. The van der Waals surface area contributed by atoms with E-state index in [0.717, 1.165) is 16.3 Å². The van der Waals surface area contributed by atoms with Crippen molar-refractivity contribution in [2.24, 2.45) is 0 Å². The van der Waals surface area contributed by atoms with E-state index in [-0.39, 0.29) is 0 Å². The lowest BCUT2D eigenvalue weighted by atomic mass is 10.2. The van der Waals surface area contributed by atoms with Crippen molar-refractivity contribution < 1.29 is 24.9 Å². The Labute approximate surface area is 142 Å². The molecule has 0 spiro atoms. The molecule has 0 saturated heterocycles. The van der Waals surface area contributed by atoms with E-state index in [1.165, 1.54) is 6.92 Å². The number of carboxylic acid groups (broad SMARTS) is 1. The topological polar surface area (TPSA) is 142 Å². The highest BCUT2D eigenvalue weighted by molar-refractivity contribution is 5.97. The smallest absolute Gasteiger partial charge is 0.328 e. The van der Waals surface area contributed by atoms with Gasteiger partial charge < -0.3 is 20.6 Å². The highest BCUT2D eigenvalue weighted by atomic mass is 16.4. The third-order valence-corrected chi connectivity index (χ3v) is 3.41. The predicted molar refractivity (Wildman–Crippen MR) is 86.8 cm³/mol. The molecule has 0 aliphatic rings. The summed E-state index contributed by atoms with van der Waals surface area (Å²) in [6, 6.07) is 5.97. The number of aromatic hydroxyl groups is 1. The molecule has 1 aromatic carbocycles. The van der Waals surface area contributed by atoms with E-state index in [1.807, 2.05) is 13.0 Å². The number of carbonyl (C=O) groups is 2. The molecular weight excluding hydrogens is 330 g/mol. The number of aryl methyl sites for hydroxylation is 1. The van der Waals surface area contributed by atoms with Crippen molar-refractivity contribution in [2.75, 3.05) is 0 Å². The number of aliphatic hydroxyl groups is 1. The van der Waals surface area contributed by atoms with Gasteiger partial charge in [0.1, 0.15) is 0 Å². The lowest BCUT2D eigenvalue weighted by Gasteiger charge is -2.17. The Balaban J connectivity index is 2.45. The fourth-order valence-corrected chi connectivity index (χ4v) is 2.15. The van der Waals surface area contributed by atoms with Gasteiger partial charge in [-0.15, -0.1) is 0 Å². The molecular formula is C16H17N3O6. The second-order valence-corrected chi connectivity index (χ2v) is 5.50. The first-order chi connectivity index (χ1) is 11.7. The summed E-state index contributed by atoms with van der Waals surface area (Å²) in [6.07, 6.45) is -1.37. The van der Waals surface area contributed by atoms with Gasteiger partial charge in [-0.3, -0.25) is 9.59 Å². The molecule has 2 aromatic rings. The highest BCUT2D eigenvalue weighted by Gasteiger charge is 2.27. The molecule has 2 atom stereocenters. The van der Waals surface area contributed by atoms with Gasteiger partial charge in [0.05, 0.1) is 11.8 Å². The van der Waals surface area contributed by atoms with E-state index in [2.05, 4.69) is 10.4 Å². The number of benzene rings is 1. The molecule has 2 unspecified atom stereocenters. The first kappa shape index (κ1) is 18.1. The molecule has 0 aliphatic carbocycles. The summed E-state index contributed by atoms with van der Waals surface area (Å²) in [5, 5.41) is 34.1. The quantitative estimate of drug-likeness (QED) is 0.587. The van der Waals surface area contributed by atoms with Crippen LogP contribution in [0.3, 0.4) is 0 Å². The summed E-state index contributed by atoms with van der Waals surface area (Å²) < 4.78 is 0.916. The number of rotatable bonds is 5. The Hall–Kier alpha value is -3.20. The molecule has 0 radical (unpaired) electrons. The van der Waals surface area contributed by atoms with Crippen molar-refractivity contribution in [3.05, 3.63) is 51.9 Å². The van der Waals surface area contributed by atoms with E-state index < -0.39 is 41.0 Å². The van der Waals surface area contributed by atoms with Crippen LogP contribution in [-0.4, -0.2) is 49.1 Å². The number of aliphatic carboxylic acids is 1. The average molecular weight is 347 g/mol. The maximum Gasteiger partial charge on any atom is 0.328 e. The van der Waals surface area contributed by atoms with Crippen molar-refractivity contribution >= 4 is 11.9 Å². The number of aliphatic hydroxyl groups excluding tert-OH is 1. The molecule has 1 aromatic heterocycles. The van der Waals surface area contributed by atoms with Gasteiger partial charge in [0.2, 0.25) is 0 Å². The van der Waals surface area contributed by atoms with Crippen molar-refractivity contribution in [1.82, 2.24) is 15.1 Å². The summed E-state index contributed by atoms with van der Waals surface area (Å²) in [7, 11) is 0. The van der Waals surface area contributed by atoms with Gasteiger partial charge in [-0.2, -0.15) is 9.78 Å². The first-order valence-electron chi connectivity index (χ1n) is 7.33. The number of carbonyl (C=O) groups excluding carboxylic acids is 1. The van der Waals surface area contributed by atoms with Gasteiger partial charge in [-0.05, 0) is 31.5 Å². The number of amides is 1. The Morgan fingerprint density at radius 3 is 2.52 bits per heavy atom. The molecule has 0 aliphatic heterocycles. The SMILES string of the molecule is Cc1cccc(-n2nc(C(=O)NC(C(=O)O)C(C)O)c(O)cc2=O)c1. The first-order valence-corrected chi connectivity index (χ1v) is 7.33. The van der Waals surface area contributed by atoms with Crippen molar-refractivity contribution in [2.45, 2.75) is 26.0 Å². The zero-order valence-corrected chi connectivity index (χ0v) is 13.5. The van der Waals surface area contributed by atoms with Crippen LogP contribution in [0.15, 0.2) is 35.1 Å². The van der Waals surface area contributed by atoms with E-state index in [9.17, 15) is 24.6 Å². The highest BCUT2D eigenvalue weighted by Crippen LogP contribution is 2.14. The Morgan fingerprint density at radius 2 is 1.96 bits per heavy atom. The van der Waals surface area contributed by atoms with Crippen LogP contribution in [0.25, 0.3) is 5.69 Å². The third-order valence-electron chi connectivity index (χ3n) is 3.41. The van der Waals surface area contributed by atoms with Crippen LogP contribution in [0, 0.1) is 6.92 Å². The molecule has 0 saturated carbocycles. The number of nitrogens with one attached hydrogen (secondary N) is 1. The minimum Gasteiger partial charge on any atom is -0.505 e. The van der Waals surface area contributed by atoms with Crippen LogP contribution >= 0.6 is 0 Å². The largest absolute Gasteiger partial charge is 0.505 e. The monoisotopic (exact) mass is 347 g/mol. The van der Waals surface area contributed by atoms with Crippen LogP contribution in [0.1, 0.15) is 23.0 Å². The van der Waals surface area contributed by atoms with E-state index >= 15 is 0 Å². The summed E-state index contributed by atoms with van der Waals surface area (Å²) in [4.78, 5) is 35.3. The number of carboxylic acids is 1. The number of aromatic nitrogens is 2. The van der Waals surface area contributed by atoms with Gasteiger partial charge in [0.15, 0.2) is 17.5 Å². The molecule has 4 N–H and O–H groups in total. The minimum absolute atomic E-state index is 0.379. The minimum atomic E-state index is -1.59. The molecule has 9 heteroatoms. The van der Waals surface area contributed by atoms with Crippen molar-refractivity contribution in [3.63, 3.8) is 0 Å². The van der Waals surface area contributed by atoms with Gasteiger partial charge in [0, 0.05) is 6.07 Å². The Kier molecular flexibility index (Phi) is 5.18. The van der Waals surface area contributed by atoms with Gasteiger partial charge >= 0.3 is 5.97 Å². The lowest BCUT2D eigenvalue weighted by molar-refractivity contribution is -0.141. The molecule has 25 heavy (non-hydrogen) atoms. The van der Waals surface area contributed by atoms with E-state index in [4.69, 9.17) is 5.11 Å². The maximum absolute atomic E-state index is 12.2. The fourth-order valence-electron chi connectivity index (χ4n) is 2.15. The number of nitrogens with zero attached hydrogens (tertiary/aromatic N) is 2. The van der Waals surface area contributed by atoms with Crippen molar-refractivity contribution in [3.8, 4) is 11.4 Å². The average Bonchev–Trinajstić information content (AvgIpc) is 2.51. The third kappa shape index (κ3) is 4.01. The van der Waals surface area contributed by atoms with E-state index in [0.29, 0.717) is 5.69 Å². The van der Waals surface area contributed by atoms with Crippen LogP contribution < -0.4 is 10.9 Å². The molecule has 132 valence electrons. The molecule has 1 heterocycles. The second-order valence-electron chi connectivity index (χ2n) is 5.50. The number of hydrogen-bond acceptors (Lipinski definition) is 6. The predicted octanol–water partition coefficient (Wildman–Crippen LogP) is -0.190. The van der Waals surface area contributed by atoms with Crippen LogP contribution in [0.4, 0.5) is 0 Å². The van der Waals surface area contributed by atoms with E-state index in [1.54, 1.807) is 18.2 Å². The summed E-state index contributed by atoms with van der Waals surface area (Å²) in [6.45, 7) is 3.00. The summed E-state index contributed by atoms with van der Waals surface area (Å²) >= 11 is 0. The molecule has 9 nitrogen and oxygen atoms in total. The second kappa shape index (κ2) is 7.14. The van der Waals surface area contributed by atoms with Crippen LogP contribution in [0.5, 0.6) is 5.75 Å². The molecule has 2 rings (SSSR count). The van der Waals surface area contributed by atoms with Crippen LogP contribution in [-0.2, 0) is 4.79 Å².